The third-order valence-electron chi connectivity index (χ3n) is 4.81. The first kappa shape index (κ1) is 17.8. The minimum absolute atomic E-state index is 0.328. The van der Waals surface area contributed by atoms with Crippen LogP contribution in [0.15, 0.2) is 41.4 Å². The van der Waals surface area contributed by atoms with Crippen molar-refractivity contribution in [2.75, 3.05) is 26.2 Å². The van der Waals surface area contributed by atoms with Gasteiger partial charge in [-0.05, 0) is 43.1 Å². The zero-order valence-electron chi connectivity index (χ0n) is 14.3. The summed E-state index contributed by atoms with van der Waals surface area (Å²) in [5.41, 5.74) is 1.01. The molecular formula is C18H19F3N4S. The molecule has 2 saturated heterocycles. The highest BCUT2D eigenvalue weighted by Gasteiger charge is 2.51. The maximum atomic E-state index is 12.7. The second-order valence-corrected chi connectivity index (χ2v) is 8.27. The fraction of sp³-hybridized carbons (Fsp3) is 0.444. The normalized spacial score (nSPS) is 20.0. The lowest BCUT2D eigenvalue weighted by atomic mass is 9.74. The summed E-state index contributed by atoms with van der Waals surface area (Å²) in [4.78, 5) is 11.2. The predicted molar refractivity (Wildman–Crippen MR) is 93.4 cm³/mol. The molecule has 2 aliphatic heterocycles. The summed E-state index contributed by atoms with van der Waals surface area (Å²) in [6, 6.07) is 8.53. The predicted octanol–water partition coefficient (Wildman–Crippen LogP) is 3.63. The van der Waals surface area contributed by atoms with Crippen molar-refractivity contribution in [3.63, 3.8) is 0 Å². The Hall–Kier alpha value is -1.64. The van der Waals surface area contributed by atoms with E-state index in [0.29, 0.717) is 11.1 Å². The number of pyridine rings is 2. The molecule has 138 valence electrons. The topological polar surface area (TPSA) is 32.3 Å². The van der Waals surface area contributed by atoms with Crippen LogP contribution in [0, 0.1) is 12.3 Å². The Kier molecular flexibility index (Phi) is 4.45. The van der Waals surface area contributed by atoms with Crippen molar-refractivity contribution < 1.29 is 13.2 Å². The Labute approximate surface area is 154 Å². The van der Waals surface area contributed by atoms with E-state index in [1.165, 1.54) is 18.0 Å². The lowest BCUT2D eigenvalue weighted by Crippen LogP contribution is -2.70. The summed E-state index contributed by atoms with van der Waals surface area (Å²) in [6.07, 6.45) is -2.58. The molecule has 2 aliphatic rings. The first-order valence-electron chi connectivity index (χ1n) is 8.43. The molecule has 26 heavy (non-hydrogen) atoms. The number of rotatable bonds is 4. The quantitative estimate of drug-likeness (QED) is 0.757. The highest BCUT2D eigenvalue weighted by molar-refractivity contribution is 7.97. The van der Waals surface area contributed by atoms with Crippen molar-refractivity contribution in [2.24, 2.45) is 5.41 Å². The summed E-state index contributed by atoms with van der Waals surface area (Å²) in [5, 5.41) is 0. The van der Waals surface area contributed by atoms with E-state index >= 15 is 0 Å². The van der Waals surface area contributed by atoms with Crippen LogP contribution in [0.1, 0.15) is 17.1 Å². The van der Waals surface area contributed by atoms with Gasteiger partial charge < -0.3 is 0 Å². The monoisotopic (exact) mass is 380 g/mol. The van der Waals surface area contributed by atoms with E-state index in [1.54, 1.807) is 6.92 Å². The van der Waals surface area contributed by atoms with Gasteiger partial charge in [-0.15, -0.1) is 0 Å². The van der Waals surface area contributed by atoms with Crippen LogP contribution in [0.5, 0.6) is 0 Å². The number of aromatic nitrogens is 2. The van der Waals surface area contributed by atoms with Gasteiger partial charge in [0.05, 0.1) is 11.4 Å². The Balaban J connectivity index is 1.27. The third-order valence-corrected chi connectivity index (χ3v) is 5.95. The summed E-state index contributed by atoms with van der Waals surface area (Å²) >= 11 is 1.51. The van der Waals surface area contributed by atoms with Crippen LogP contribution in [-0.4, -0.2) is 45.4 Å². The van der Waals surface area contributed by atoms with E-state index < -0.39 is 11.9 Å². The van der Waals surface area contributed by atoms with Crippen LogP contribution in [0.25, 0.3) is 0 Å². The van der Waals surface area contributed by atoms with E-state index in [1.807, 2.05) is 24.4 Å². The van der Waals surface area contributed by atoms with Gasteiger partial charge in [-0.3, -0.25) is 9.88 Å². The third kappa shape index (κ3) is 3.58. The van der Waals surface area contributed by atoms with Crippen molar-refractivity contribution >= 4 is 11.9 Å². The molecule has 4 heterocycles. The van der Waals surface area contributed by atoms with Gasteiger partial charge in [0.25, 0.3) is 0 Å². The Morgan fingerprint density at radius 2 is 1.88 bits per heavy atom. The first-order valence-corrected chi connectivity index (χ1v) is 9.20. The maximum Gasteiger partial charge on any atom is 0.433 e. The summed E-state index contributed by atoms with van der Waals surface area (Å²) in [6.45, 7) is 6.51. The molecular weight excluding hydrogens is 361 g/mol. The molecule has 0 bridgehead atoms. The second-order valence-electron chi connectivity index (χ2n) is 7.13. The fourth-order valence-corrected chi connectivity index (χ4v) is 4.90. The molecule has 2 fully saturated rings. The largest absolute Gasteiger partial charge is 0.433 e. The number of nitrogens with zero attached hydrogens (tertiary/aromatic N) is 4. The van der Waals surface area contributed by atoms with E-state index in [-0.39, 0.29) is 0 Å². The molecule has 0 radical (unpaired) electrons. The average Bonchev–Trinajstić information content (AvgIpc) is 2.52. The number of aryl methyl sites for hydroxylation is 1. The summed E-state index contributed by atoms with van der Waals surface area (Å²) in [7, 11) is 0. The minimum atomic E-state index is -4.39. The van der Waals surface area contributed by atoms with E-state index in [4.69, 9.17) is 0 Å². The highest BCUT2D eigenvalue weighted by atomic mass is 32.2. The average molecular weight is 380 g/mol. The van der Waals surface area contributed by atoms with Gasteiger partial charge in [-0.2, -0.15) is 13.2 Å². The van der Waals surface area contributed by atoms with Crippen molar-refractivity contribution in [2.45, 2.75) is 24.5 Å². The molecule has 0 unspecified atom stereocenters. The van der Waals surface area contributed by atoms with Gasteiger partial charge in [-0.25, -0.2) is 9.29 Å². The zero-order chi connectivity index (χ0) is 18.4. The van der Waals surface area contributed by atoms with Crippen molar-refractivity contribution in [1.82, 2.24) is 19.2 Å². The number of likely N-dealkylation sites (tertiary alicyclic amines) is 1. The standard InChI is InChI=1S/C18H19F3N4S/c1-13-15(5-6-16(23-13)18(19,20)21)26-25-11-17(12-25)9-24(10-17)8-14-4-2-3-7-22-14/h2-7H,8-12H2,1H3. The summed E-state index contributed by atoms with van der Waals surface area (Å²) < 4.78 is 40.3. The van der Waals surface area contributed by atoms with Crippen LogP contribution >= 0.6 is 11.9 Å². The van der Waals surface area contributed by atoms with Gasteiger partial charge in [0, 0.05) is 49.2 Å². The Morgan fingerprint density at radius 3 is 2.50 bits per heavy atom. The molecule has 2 aromatic heterocycles. The van der Waals surface area contributed by atoms with Gasteiger partial charge in [0.15, 0.2) is 0 Å². The Bertz CT molecular complexity index is 783. The molecule has 0 amide bonds. The first-order chi connectivity index (χ1) is 12.3. The molecule has 0 atom stereocenters. The second kappa shape index (κ2) is 6.51. The molecule has 4 rings (SSSR count). The van der Waals surface area contributed by atoms with Gasteiger partial charge in [-0.1, -0.05) is 6.07 Å². The van der Waals surface area contributed by atoms with Crippen molar-refractivity contribution in [3.8, 4) is 0 Å². The number of hydrogen-bond donors (Lipinski definition) is 0. The summed E-state index contributed by atoms with van der Waals surface area (Å²) in [5.74, 6) is 0. The Morgan fingerprint density at radius 1 is 1.12 bits per heavy atom. The lowest BCUT2D eigenvalue weighted by Gasteiger charge is -2.59. The SMILES string of the molecule is Cc1nc(C(F)(F)F)ccc1SN1CC2(CN(Cc3ccccn3)C2)C1. The van der Waals surface area contributed by atoms with Crippen LogP contribution in [0.2, 0.25) is 0 Å². The molecule has 0 aromatic carbocycles. The molecule has 0 aliphatic carbocycles. The van der Waals surface area contributed by atoms with E-state index in [2.05, 4.69) is 19.2 Å². The molecule has 0 N–H and O–H groups in total. The van der Waals surface area contributed by atoms with Gasteiger partial charge >= 0.3 is 6.18 Å². The zero-order valence-corrected chi connectivity index (χ0v) is 15.1. The minimum Gasteiger partial charge on any atom is -0.296 e. The number of halogens is 3. The van der Waals surface area contributed by atoms with E-state index in [9.17, 15) is 13.2 Å². The molecule has 8 heteroatoms. The molecule has 2 aromatic rings. The van der Waals surface area contributed by atoms with Crippen molar-refractivity contribution in [3.05, 3.63) is 53.6 Å². The van der Waals surface area contributed by atoms with Crippen LogP contribution < -0.4 is 0 Å². The highest BCUT2D eigenvalue weighted by Crippen LogP contribution is 2.45. The molecule has 1 spiro atoms. The molecule has 4 nitrogen and oxygen atoms in total. The van der Waals surface area contributed by atoms with Gasteiger partial charge in [0.1, 0.15) is 5.69 Å². The van der Waals surface area contributed by atoms with Crippen LogP contribution in [0.3, 0.4) is 0 Å². The van der Waals surface area contributed by atoms with Crippen molar-refractivity contribution in [1.29, 1.82) is 0 Å². The lowest BCUT2D eigenvalue weighted by molar-refractivity contribution is -0.141. The van der Waals surface area contributed by atoms with Crippen LogP contribution in [-0.2, 0) is 12.7 Å². The fourth-order valence-electron chi connectivity index (χ4n) is 3.64. The number of hydrogen-bond acceptors (Lipinski definition) is 5. The maximum absolute atomic E-state index is 12.7. The number of alkyl halides is 3. The smallest absolute Gasteiger partial charge is 0.296 e. The van der Waals surface area contributed by atoms with E-state index in [0.717, 1.165) is 49.4 Å². The molecule has 0 saturated carbocycles. The van der Waals surface area contributed by atoms with Crippen LogP contribution in [0.4, 0.5) is 13.2 Å². The van der Waals surface area contributed by atoms with Gasteiger partial charge in [0.2, 0.25) is 0 Å².